The first-order valence-electron chi connectivity index (χ1n) is 7.23. The minimum Gasteiger partial charge on any atom is -0.484 e. The molecule has 0 spiro atoms. The number of para-hydroxylation sites is 1. The molecule has 1 aliphatic heterocycles. The fourth-order valence-electron chi connectivity index (χ4n) is 2.22. The number of amides is 2. The Morgan fingerprint density at radius 3 is 2.57 bits per heavy atom. The van der Waals surface area contributed by atoms with E-state index in [1.807, 2.05) is 30.3 Å². The number of carbonyl (C=O) groups excluding carboxylic acids is 2. The van der Waals surface area contributed by atoms with Gasteiger partial charge in [0.2, 0.25) is 0 Å². The third-order valence-electron chi connectivity index (χ3n) is 3.36. The molecule has 0 aliphatic carbocycles. The highest BCUT2D eigenvalue weighted by Gasteiger charge is 2.23. The summed E-state index contributed by atoms with van der Waals surface area (Å²) in [5, 5.41) is 5.35. The van der Waals surface area contributed by atoms with Crippen LogP contribution < -0.4 is 15.4 Å². The highest BCUT2D eigenvalue weighted by molar-refractivity contribution is 5.91. The van der Waals surface area contributed by atoms with E-state index >= 15 is 0 Å². The first-order chi connectivity index (χ1) is 11.2. The van der Waals surface area contributed by atoms with E-state index in [4.69, 9.17) is 9.47 Å². The van der Waals surface area contributed by atoms with Crippen LogP contribution in [0.25, 0.3) is 0 Å². The van der Waals surface area contributed by atoms with Crippen molar-refractivity contribution in [3.63, 3.8) is 0 Å². The van der Waals surface area contributed by atoms with E-state index in [1.54, 1.807) is 24.3 Å². The maximum absolute atomic E-state index is 11.9. The molecule has 1 atom stereocenters. The van der Waals surface area contributed by atoms with Gasteiger partial charge in [-0.3, -0.25) is 4.79 Å². The summed E-state index contributed by atoms with van der Waals surface area (Å²) in [7, 11) is 0. The van der Waals surface area contributed by atoms with Crippen LogP contribution in [-0.2, 0) is 9.53 Å². The van der Waals surface area contributed by atoms with Crippen LogP contribution >= 0.6 is 0 Å². The number of hydrogen-bond donors (Lipinski definition) is 2. The first kappa shape index (κ1) is 14.9. The standard InChI is InChI=1S/C17H16N2O4/c20-16(11-22-14-4-2-1-3-5-14)19-13-8-6-12(7-9-13)15-10-18-17(21)23-15/h1-9,15H,10-11H2,(H,18,21)(H,19,20). The molecule has 6 heteroatoms. The Morgan fingerprint density at radius 2 is 1.91 bits per heavy atom. The number of rotatable bonds is 5. The molecule has 23 heavy (non-hydrogen) atoms. The molecular weight excluding hydrogens is 296 g/mol. The lowest BCUT2D eigenvalue weighted by Gasteiger charge is -2.10. The van der Waals surface area contributed by atoms with Crippen LogP contribution in [0.15, 0.2) is 54.6 Å². The highest BCUT2D eigenvalue weighted by atomic mass is 16.6. The van der Waals surface area contributed by atoms with Crippen LogP contribution in [0.4, 0.5) is 10.5 Å². The minimum atomic E-state index is -0.412. The molecule has 118 valence electrons. The fraction of sp³-hybridized carbons (Fsp3) is 0.176. The molecule has 1 heterocycles. The second-order valence-corrected chi connectivity index (χ2v) is 5.05. The summed E-state index contributed by atoms with van der Waals surface area (Å²) >= 11 is 0. The molecule has 1 unspecified atom stereocenters. The highest BCUT2D eigenvalue weighted by Crippen LogP contribution is 2.22. The minimum absolute atomic E-state index is 0.0596. The normalized spacial score (nSPS) is 16.3. The summed E-state index contributed by atoms with van der Waals surface area (Å²) in [6.07, 6.45) is -0.695. The summed E-state index contributed by atoms with van der Waals surface area (Å²) in [6.45, 7) is 0.394. The number of hydrogen-bond acceptors (Lipinski definition) is 4. The van der Waals surface area contributed by atoms with Gasteiger partial charge < -0.3 is 20.1 Å². The molecule has 2 aromatic carbocycles. The van der Waals surface area contributed by atoms with Gasteiger partial charge in [0.05, 0.1) is 6.54 Å². The zero-order valence-corrected chi connectivity index (χ0v) is 12.3. The van der Waals surface area contributed by atoms with E-state index in [-0.39, 0.29) is 18.6 Å². The molecule has 2 aromatic rings. The van der Waals surface area contributed by atoms with E-state index in [9.17, 15) is 9.59 Å². The Balaban J connectivity index is 1.51. The molecule has 0 bridgehead atoms. The van der Waals surface area contributed by atoms with Crippen molar-refractivity contribution in [1.82, 2.24) is 5.32 Å². The van der Waals surface area contributed by atoms with Gasteiger partial charge in [-0.2, -0.15) is 0 Å². The number of anilines is 1. The van der Waals surface area contributed by atoms with Crippen molar-refractivity contribution in [2.24, 2.45) is 0 Å². The van der Waals surface area contributed by atoms with Crippen molar-refractivity contribution < 1.29 is 19.1 Å². The number of benzene rings is 2. The molecule has 1 saturated heterocycles. The number of carbonyl (C=O) groups is 2. The van der Waals surface area contributed by atoms with Gasteiger partial charge in [-0.15, -0.1) is 0 Å². The maximum atomic E-state index is 11.9. The smallest absolute Gasteiger partial charge is 0.407 e. The van der Waals surface area contributed by atoms with Crippen LogP contribution in [0, 0.1) is 0 Å². The molecule has 0 aromatic heterocycles. The van der Waals surface area contributed by atoms with E-state index in [2.05, 4.69) is 10.6 Å². The Kier molecular flexibility index (Phi) is 4.42. The van der Waals surface area contributed by atoms with E-state index < -0.39 is 6.09 Å². The van der Waals surface area contributed by atoms with Gasteiger partial charge in [0, 0.05) is 5.69 Å². The topological polar surface area (TPSA) is 76.7 Å². The first-order valence-corrected chi connectivity index (χ1v) is 7.23. The summed E-state index contributed by atoms with van der Waals surface area (Å²) in [4.78, 5) is 22.9. The molecule has 2 amide bonds. The number of alkyl carbamates (subject to hydrolysis) is 1. The summed E-state index contributed by atoms with van der Waals surface area (Å²) in [5.41, 5.74) is 1.54. The Hall–Kier alpha value is -3.02. The number of ether oxygens (including phenoxy) is 2. The lowest BCUT2D eigenvalue weighted by atomic mass is 10.1. The SMILES string of the molecule is O=C(COc1ccccc1)Nc1ccc(C2CNC(=O)O2)cc1. The van der Waals surface area contributed by atoms with Gasteiger partial charge in [0.15, 0.2) is 6.61 Å². The second kappa shape index (κ2) is 6.83. The van der Waals surface area contributed by atoms with E-state index in [0.717, 1.165) is 5.56 Å². The number of nitrogens with one attached hydrogen (secondary N) is 2. The summed E-state index contributed by atoms with van der Waals surface area (Å²) in [5.74, 6) is 0.407. The average Bonchev–Trinajstić information content (AvgIpc) is 3.01. The molecule has 0 radical (unpaired) electrons. The molecular formula is C17H16N2O4. The van der Waals surface area contributed by atoms with Crippen molar-refractivity contribution in [2.45, 2.75) is 6.10 Å². The predicted molar refractivity (Wildman–Crippen MR) is 84.2 cm³/mol. The van der Waals surface area contributed by atoms with Gasteiger partial charge in [-0.05, 0) is 29.8 Å². The Labute approximate surface area is 133 Å². The van der Waals surface area contributed by atoms with E-state index in [0.29, 0.717) is 18.0 Å². The average molecular weight is 312 g/mol. The Morgan fingerprint density at radius 1 is 1.17 bits per heavy atom. The van der Waals surface area contributed by atoms with Crippen molar-refractivity contribution in [3.05, 3.63) is 60.2 Å². The fourth-order valence-corrected chi connectivity index (χ4v) is 2.22. The molecule has 1 fully saturated rings. The zero-order valence-electron chi connectivity index (χ0n) is 12.3. The zero-order chi connectivity index (χ0) is 16.1. The molecule has 6 nitrogen and oxygen atoms in total. The molecule has 1 aliphatic rings. The van der Waals surface area contributed by atoms with Crippen molar-refractivity contribution in [1.29, 1.82) is 0 Å². The molecule has 3 rings (SSSR count). The quantitative estimate of drug-likeness (QED) is 0.889. The van der Waals surface area contributed by atoms with Gasteiger partial charge in [-0.1, -0.05) is 30.3 Å². The van der Waals surface area contributed by atoms with Crippen LogP contribution in [0.3, 0.4) is 0 Å². The van der Waals surface area contributed by atoms with E-state index in [1.165, 1.54) is 0 Å². The lowest BCUT2D eigenvalue weighted by Crippen LogP contribution is -2.20. The molecule has 0 saturated carbocycles. The van der Waals surface area contributed by atoms with Crippen LogP contribution in [0.5, 0.6) is 5.75 Å². The van der Waals surface area contributed by atoms with Gasteiger partial charge in [0.25, 0.3) is 5.91 Å². The monoisotopic (exact) mass is 312 g/mol. The number of cyclic esters (lactones) is 1. The summed E-state index contributed by atoms with van der Waals surface area (Å²) in [6, 6.07) is 16.3. The second-order valence-electron chi connectivity index (χ2n) is 5.05. The Bertz CT molecular complexity index is 685. The van der Waals surface area contributed by atoms with Gasteiger partial charge >= 0.3 is 6.09 Å². The largest absolute Gasteiger partial charge is 0.484 e. The maximum Gasteiger partial charge on any atom is 0.407 e. The third kappa shape index (κ3) is 4.00. The lowest BCUT2D eigenvalue weighted by molar-refractivity contribution is -0.118. The molecule has 2 N–H and O–H groups in total. The third-order valence-corrected chi connectivity index (χ3v) is 3.36. The van der Waals surface area contributed by atoms with Crippen molar-refractivity contribution >= 4 is 17.7 Å². The van der Waals surface area contributed by atoms with Gasteiger partial charge in [0.1, 0.15) is 11.9 Å². The van der Waals surface area contributed by atoms with Crippen LogP contribution in [0.2, 0.25) is 0 Å². The van der Waals surface area contributed by atoms with Gasteiger partial charge in [-0.25, -0.2) is 4.79 Å². The summed E-state index contributed by atoms with van der Waals surface area (Å²) < 4.78 is 10.5. The van der Waals surface area contributed by atoms with Crippen LogP contribution in [0.1, 0.15) is 11.7 Å². The predicted octanol–water partition coefficient (Wildman–Crippen LogP) is 2.49. The van der Waals surface area contributed by atoms with Crippen molar-refractivity contribution in [3.8, 4) is 5.75 Å². The van der Waals surface area contributed by atoms with Crippen molar-refractivity contribution in [2.75, 3.05) is 18.5 Å². The van der Waals surface area contributed by atoms with Crippen LogP contribution in [-0.4, -0.2) is 25.2 Å².